The summed E-state index contributed by atoms with van der Waals surface area (Å²) in [6.07, 6.45) is 2.17. The number of benzene rings is 2. The van der Waals surface area contributed by atoms with Gasteiger partial charge >= 0.3 is 11.8 Å². The highest BCUT2D eigenvalue weighted by Crippen LogP contribution is 2.21. The molecule has 0 saturated carbocycles. The Morgan fingerprint density at radius 2 is 1.80 bits per heavy atom. The summed E-state index contributed by atoms with van der Waals surface area (Å²) in [7, 11) is 0. The number of fused-ring (bicyclic) bond motifs is 1. The first-order valence-electron chi connectivity index (χ1n) is 7.81. The highest BCUT2D eigenvalue weighted by Gasteiger charge is 2.16. The lowest BCUT2D eigenvalue weighted by Gasteiger charge is -2.05. The molecule has 0 fully saturated rings. The number of nitrogens with zero attached hydrogens (tertiary/aromatic N) is 3. The summed E-state index contributed by atoms with van der Waals surface area (Å²) in [5, 5.41) is 11.5. The Morgan fingerprint density at radius 3 is 2.68 bits per heavy atom. The van der Waals surface area contributed by atoms with Crippen molar-refractivity contribution in [3.8, 4) is 0 Å². The molecular formula is C19H14N4O2. The van der Waals surface area contributed by atoms with Gasteiger partial charge < -0.3 is 9.73 Å². The van der Waals surface area contributed by atoms with Gasteiger partial charge in [-0.2, -0.15) is 0 Å². The van der Waals surface area contributed by atoms with Crippen molar-refractivity contribution in [1.29, 1.82) is 0 Å². The van der Waals surface area contributed by atoms with Crippen molar-refractivity contribution >= 4 is 22.5 Å². The molecule has 6 nitrogen and oxygen atoms in total. The summed E-state index contributed by atoms with van der Waals surface area (Å²) >= 11 is 0. The van der Waals surface area contributed by atoms with Gasteiger partial charge in [-0.1, -0.05) is 48.5 Å². The van der Waals surface area contributed by atoms with Crippen LogP contribution in [-0.4, -0.2) is 21.1 Å². The van der Waals surface area contributed by atoms with Gasteiger partial charge in [0.2, 0.25) is 5.89 Å². The zero-order chi connectivity index (χ0) is 17.1. The van der Waals surface area contributed by atoms with E-state index in [0.717, 1.165) is 10.9 Å². The molecule has 25 heavy (non-hydrogen) atoms. The number of para-hydroxylation sites is 1. The highest BCUT2D eigenvalue weighted by molar-refractivity contribution is 6.05. The zero-order valence-electron chi connectivity index (χ0n) is 13.2. The summed E-state index contributed by atoms with van der Waals surface area (Å²) < 4.78 is 5.48. The predicted octanol–water partition coefficient (Wildman–Crippen LogP) is 3.46. The number of aromatic nitrogens is 3. The SMILES string of the molecule is O=C(Nc1cccc2cccnc12)c1nnc(Cc2ccccc2)o1. The number of carbonyl (C=O) groups is 1. The van der Waals surface area contributed by atoms with Gasteiger partial charge in [-0.15, -0.1) is 10.2 Å². The van der Waals surface area contributed by atoms with E-state index >= 15 is 0 Å². The van der Waals surface area contributed by atoms with Crippen LogP contribution in [0.15, 0.2) is 71.3 Å². The number of carbonyl (C=O) groups excluding carboxylic acids is 1. The number of hydrogen-bond acceptors (Lipinski definition) is 5. The Kier molecular flexibility index (Phi) is 3.92. The minimum Gasteiger partial charge on any atom is -0.417 e. The lowest BCUT2D eigenvalue weighted by molar-refractivity contribution is 0.0988. The van der Waals surface area contributed by atoms with E-state index in [2.05, 4.69) is 20.5 Å². The smallest absolute Gasteiger partial charge is 0.313 e. The summed E-state index contributed by atoms with van der Waals surface area (Å²) in [5.41, 5.74) is 2.35. The highest BCUT2D eigenvalue weighted by atomic mass is 16.4. The molecule has 0 bridgehead atoms. The molecule has 0 aliphatic carbocycles. The minimum absolute atomic E-state index is 0.0705. The van der Waals surface area contributed by atoms with E-state index in [0.29, 0.717) is 23.5 Å². The standard InChI is InChI=1S/C19H14N4O2/c24-18(21-15-10-4-8-14-9-5-11-20-17(14)15)19-23-22-16(25-19)12-13-6-2-1-3-7-13/h1-11H,12H2,(H,21,24). The van der Waals surface area contributed by atoms with Gasteiger partial charge in [-0.05, 0) is 17.7 Å². The zero-order valence-corrected chi connectivity index (χ0v) is 13.2. The van der Waals surface area contributed by atoms with Crippen LogP contribution < -0.4 is 5.32 Å². The van der Waals surface area contributed by atoms with Gasteiger partial charge in [0.15, 0.2) is 0 Å². The predicted molar refractivity (Wildman–Crippen MR) is 93.2 cm³/mol. The van der Waals surface area contributed by atoms with E-state index in [1.807, 2.05) is 54.6 Å². The molecule has 0 spiro atoms. The van der Waals surface area contributed by atoms with Gasteiger partial charge in [0, 0.05) is 11.6 Å². The monoisotopic (exact) mass is 330 g/mol. The molecule has 0 saturated heterocycles. The van der Waals surface area contributed by atoms with E-state index in [1.54, 1.807) is 12.3 Å². The van der Waals surface area contributed by atoms with Gasteiger partial charge in [0.05, 0.1) is 17.6 Å². The van der Waals surface area contributed by atoms with Crippen LogP contribution in [-0.2, 0) is 6.42 Å². The maximum absolute atomic E-state index is 12.4. The fourth-order valence-electron chi connectivity index (χ4n) is 2.57. The number of anilines is 1. The van der Waals surface area contributed by atoms with Crippen molar-refractivity contribution in [2.75, 3.05) is 5.32 Å². The molecule has 0 aliphatic heterocycles. The average molecular weight is 330 g/mol. The fourth-order valence-corrected chi connectivity index (χ4v) is 2.57. The third-order valence-corrected chi connectivity index (χ3v) is 3.74. The second kappa shape index (κ2) is 6.52. The molecule has 0 atom stereocenters. The molecule has 2 aromatic heterocycles. The lowest BCUT2D eigenvalue weighted by Crippen LogP contribution is -2.12. The Labute approximate surface area is 143 Å². The lowest BCUT2D eigenvalue weighted by atomic mass is 10.2. The molecule has 0 radical (unpaired) electrons. The van der Waals surface area contributed by atoms with Gasteiger partial charge in [0.25, 0.3) is 0 Å². The molecule has 2 aromatic carbocycles. The normalized spacial score (nSPS) is 10.7. The average Bonchev–Trinajstić information content (AvgIpc) is 3.11. The quantitative estimate of drug-likeness (QED) is 0.620. The van der Waals surface area contributed by atoms with Crippen molar-refractivity contribution in [3.05, 3.63) is 84.2 Å². The van der Waals surface area contributed by atoms with Crippen molar-refractivity contribution in [2.45, 2.75) is 6.42 Å². The molecule has 0 unspecified atom stereocenters. The summed E-state index contributed by atoms with van der Waals surface area (Å²) in [6, 6.07) is 19.1. The van der Waals surface area contributed by atoms with Gasteiger partial charge in [0.1, 0.15) is 0 Å². The van der Waals surface area contributed by atoms with Crippen LogP contribution in [0.1, 0.15) is 22.1 Å². The Balaban J connectivity index is 1.53. The number of amides is 1. The maximum atomic E-state index is 12.4. The summed E-state index contributed by atoms with van der Waals surface area (Å²) in [4.78, 5) is 16.7. The van der Waals surface area contributed by atoms with Crippen LogP contribution in [0, 0.1) is 0 Å². The number of nitrogens with one attached hydrogen (secondary N) is 1. The Morgan fingerprint density at radius 1 is 0.960 bits per heavy atom. The van der Waals surface area contributed by atoms with E-state index in [1.165, 1.54) is 0 Å². The molecule has 6 heteroatoms. The topological polar surface area (TPSA) is 80.9 Å². The largest absolute Gasteiger partial charge is 0.417 e. The van der Waals surface area contributed by atoms with Crippen LogP contribution in [0.2, 0.25) is 0 Å². The van der Waals surface area contributed by atoms with E-state index in [4.69, 9.17) is 4.42 Å². The van der Waals surface area contributed by atoms with Crippen LogP contribution in [0.4, 0.5) is 5.69 Å². The third-order valence-electron chi connectivity index (χ3n) is 3.74. The second-order valence-corrected chi connectivity index (χ2v) is 5.50. The Hall–Kier alpha value is -3.54. The molecule has 1 amide bonds. The first-order chi connectivity index (χ1) is 12.3. The summed E-state index contributed by atoms with van der Waals surface area (Å²) in [6.45, 7) is 0. The van der Waals surface area contributed by atoms with E-state index in [9.17, 15) is 4.79 Å². The van der Waals surface area contributed by atoms with Crippen LogP contribution in [0.5, 0.6) is 0 Å². The fraction of sp³-hybridized carbons (Fsp3) is 0.0526. The molecule has 122 valence electrons. The first kappa shape index (κ1) is 15.0. The minimum atomic E-state index is -0.454. The van der Waals surface area contributed by atoms with E-state index in [-0.39, 0.29) is 5.89 Å². The number of rotatable bonds is 4. The molecule has 2 heterocycles. The third kappa shape index (κ3) is 3.23. The van der Waals surface area contributed by atoms with E-state index < -0.39 is 5.91 Å². The van der Waals surface area contributed by atoms with Gasteiger partial charge in [-0.25, -0.2) is 0 Å². The number of hydrogen-bond donors (Lipinski definition) is 1. The van der Waals surface area contributed by atoms with Crippen LogP contribution in [0.25, 0.3) is 10.9 Å². The number of pyridine rings is 1. The molecule has 4 aromatic rings. The second-order valence-electron chi connectivity index (χ2n) is 5.50. The van der Waals surface area contributed by atoms with Crippen molar-refractivity contribution < 1.29 is 9.21 Å². The maximum Gasteiger partial charge on any atom is 0.313 e. The molecule has 0 aliphatic rings. The molecular weight excluding hydrogens is 316 g/mol. The van der Waals surface area contributed by atoms with Gasteiger partial charge in [-0.3, -0.25) is 9.78 Å². The van der Waals surface area contributed by atoms with Crippen molar-refractivity contribution in [3.63, 3.8) is 0 Å². The van der Waals surface area contributed by atoms with Crippen LogP contribution in [0.3, 0.4) is 0 Å². The van der Waals surface area contributed by atoms with Crippen LogP contribution >= 0.6 is 0 Å². The van der Waals surface area contributed by atoms with Crippen molar-refractivity contribution in [1.82, 2.24) is 15.2 Å². The Bertz CT molecular complexity index is 1020. The van der Waals surface area contributed by atoms with Crippen molar-refractivity contribution in [2.24, 2.45) is 0 Å². The molecule has 1 N–H and O–H groups in total. The molecule has 4 rings (SSSR count). The first-order valence-corrected chi connectivity index (χ1v) is 7.81. The summed E-state index contributed by atoms with van der Waals surface area (Å²) in [5.74, 6) is -0.128.